The Morgan fingerprint density at radius 3 is 1.15 bits per heavy atom. The molecule has 2 aromatic rings. The third kappa shape index (κ3) is 3.74. The maximum absolute atomic E-state index is 13.2. The van der Waals surface area contributed by atoms with Gasteiger partial charge in [-0.1, -0.05) is 41.5 Å². The van der Waals surface area contributed by atoms with Gasteiger partial charge in [0.1, 0.15) is 11.5 Å². The second kappa shape index (κ2) is 6.75. The Labute approximate surface area is 156 Å². The molecule has 140 valence electrons. The van der Waals surface area contributed by atoms with Gasteiger partial charge in [-0.15, -0.1) is 0 Å². The van der Waals surface area contributed by atoms with Crippen LogP contribution in [0.3, 0.4) is 0 Å². The summed E-state index contributed by atoms with van der Waals surface area (Å²) in [5.41, 5.74) is 1.20. The van der Waals surface area contributed by atoms with Gasteiger partial charge < -0.3 is 9.47 Å². The Morgan fingerprint density at radius 1 is 0.615 bits per heavy atom. The van der Waals surface area contributed by atoms with E-state index in [1.807, 2.05) is 41.5 Å². The lowest BCUT2D eigenvalue weighted by molar-refractivity contribution is 0.332. The fourth-order valence-electron chi connectivity index (χ4n) is 2.95. The van der Waals surface area contributed by atoms with Crippen molar-refractivity contribution in [3.8, 4) is 34.1 Å². The second-order valence-electron chi connectivity index (χ2n) is 8.60. The van der Waals surface area contributed by atoms with Crippen LogP contribution in [0.1, 0.15) is 52.7 Å². The number of rotatable bonds is 3. The standard InChI is InChI=1S/C22H28O4/c1-21(2,3)17-11-13(25-7)9-15(19(17)23)16-10-14(26-8)12-18(20(16)24)22(4,5)6/h9-12H,1-8H3. The van der Waals surface area contributed by atoms with Crippen molar-refractivity contribution in [2.75, 3.05) is 14.2 Å². The van der Waals surface area contributed by atoms with Gasteiger partial charge in [-0.25, -0.2) is 0 Å². The van der Waals surface area contributed by atoms with Gasteiger partial charge >= 0.3 is 0 Å². The van der Waals surface area contributed by atoms with Crippen molar-refractivity contribution in [3.05, 3.63) is 35.4 Å². The van der Waals surface area contributed by atoms with Crippen LogP contribution < -0.4 is 9.47 Å². The van der Waals surface area contributed by atoms with Crippen molar-refractivity contribution in [1.29, 1.82) is 0 Å². The van der Waals surface area contributed by atoms with E-state index in [4.69, 9.17) is 9.47 Å². The summed E-state index contributed by atoms with van der Waals surface area (Å²) < 4.78 is 10.8. The lowest BCUT2D eigenvalue weighted by atomic mass is 9.81. The molecule has 0 saturated heterocycles. The predicted molar refractivity (Wildman–Crippen MR) is 103 cm³/mol. The van der Waals surface area contributed by atoms with Crippen LogP contribution in [0, 0.1) is 0 Å². The highest BCUT2D eigenvalue weighted by Crippen LogP contribution is 2.48. The highest BCUT2D eigenvalue weighted by atomic mass is 16.5. The first-order chi connectivity index (χ1) is 11.9. The molecule has 0 unspecified atom stereocenters. The maximum Gasteiger partial charge on any atom is 0.190 e. The zero-order valence-electron chi connectivity index (χ0n) is 16.9. The van der Waals surface area contributed by atoms with Gasteiger partial charge in [-0.3, -0.25) is 10.2 Å². The Hall–Kier alpha value is -2.36. The van der Waals surface area contributed by atoms with Crippen LogP contribution in [-0.2, 0) is 21.0 Å². The van der Waals surface area contributed by atoms with Crippen molar-refractivity contribution >= 4 is 0 Å². The van der Waals surface area contributed by atoms with Gasteiger partial charge in [0.25, 0.3) is 0 Å². The molecule has 0 aliphatic carbocycles. The minimum atomic E-state index is -0.366. The Morgan fingerprint density at radius 2 is 0.923 bits per heavy atom. The van der Waals surface area contributed by atoms with Crippen LogP contribution >= 0.6 is 0 Å². The molecular formula is C22H28O4. The Balaban J connectivity index is 2.88. The molecule has 0 fully saturated rings. The molecule has 0 spiro atoms. The van der Waals surface area contributed by atoms with E-state index in [-0.39, 0.29) is 22.3 Å². The Kier molecular flexibility index (Phi) is 5.18. The lowest BCUT2D eigenvalue weighted by Gasteiger charge is -2.24. The van der Waals surface area contributed by atoms with Crippen molar-refractivity contribution < 1.29 is 19.7 Å². The largest absolute Gasteiger partial charge is 0.497 e. The fourth-order valence-corrected chi connectivity index (χ4v) is 2.95. The monoisotopic (exact) mass is 356 g/mol. The molecule has 0 aromatic heterocycles. The minimum Gasteiger partial charge on any atom is -0.497 e. The van der Waals surface area contributed by atoms with Crippen molar-refractivity contribution in [1.82, 2.24) is 0 Å². The number of hydrogen-bond donors (Lipinski definition) is 0. The van der Waals surface area contributed by atoms with Crippen LogP contribution in [-0.4, -0.2) is 14.2 Å². The average Bonchev–Trinajstić information content (AvgIpc) is 2.53. The average molecular weight is 356 g/mol. The summed E-state index contributed by atoms with van der Waals surface area (Å²) >= 11 is 0. The molecule has 0 heterocycles. The summed E-state index contributed by atoms with van der Waals surface area (Å²) in [5, 5.41) is 26.3. The zero-order chi connectivity index (χ0) is 19.9. The lowest BCUT2D eigenvalue weighted by Crippen LogP contribution is -2.13. The van der Waals surface area contributed by atoms with Crippen molar-refractivity contribution in [3.63, 3.8) is 0 Å². The fraction of sp³-hybridized carbons (Fsp3) is 0.455. The quantitative estimate of drug-likeness (QED) is 0.652. The first kappa shape index (κ1) is 20.0. The zero-order valence-corrected chi connectivity index (χ0v) is 16.9. The summed E-state index contributed by atoms with van der Waals surface area (Å²) in [6.07, 6.45) is 0. The van der Waals surface area contributed by atoms with E-state index in [2.05, 4.69) is 0 Å². The summed E-state index contributed by atoms with van der Waals surface area (Å²) in [4.78, 5) is 0. The van der Waals surface area contributed by atoms with E-state index < -0.39 is 0 Å². The highest BCUT2D eigenvalue weighted by molar-refractivity contribution is 5.81. The molecule has 4 nitrogen and oxygen atoms in total. The van der Waals surface area contributed by atoms with Crippen LogP contribution in [0.15, 0.2) is 24.3 Å². The molecular weight excluding hydrogens is 328 g/mol. The molecule has 4 heteroatoms. The molecule has 0 aliphatic rings. The molecule has 0 aliphatic heterocycles. The maximum atomic E-state index is 13.2. The number of methoxy groups -OCH3 is 2. The first-order valence-electron chi connectivity index (χ1n) is 8.69. The number of benzene rings is 2. The topological polar surface area (TPSA) is 58.3 Å². The molecule has 2 radical (unpaired) electrons. The highest BCUT2D eigenvalue weighted by Gasteiger charge is 2.28. The molecule has 2 aromatic carbocycles. The van der Waals surface area contributed by atoms with Crippen LogP contribution in [0.2, 0.25) is 0 Å². The second-order valence-corrected chi connectivity index (χ2v) is 8.60. The summed E-state index contributed by atoms with van der Waals surface area (Å²) in [6.45, 7) is 11.8. The Bertz CT molecular complexity index is 739. The van der Waals surface area contributed by atoms with E-state index >= 15 is 0 Å². The molecule has 0 amide bonds. The molecule has 0 bridgehead atoms. The summed E-state index contributed by atoms with van der Waals surface area (Å²) in [7, 11) is 3.11. The molecule has 0 atom stereocenters. The normalized spacial score (nSPS) is 12.2. The van der Waals surface area contributed by atoms with Crippen LogP contribution in [0.4, 0.5) is 0 Å². The van der Waals surface area contributed by atoms with E-state index in [1.54, 1.807) is 38.5 Å². The van der Waals surface area contributed by atoms with Gasteiger partial charge in [0, 0.05) is 22.3 Å². The molecule has 0 N–H and O–H groups in total. The van der Waals surface area contributed by atoms with Gasteiger partial charge in [-0.05, 0) is 35.1 Å². The van der Waals surface area contributed by atoms with Gasteiger partial charge in [0.2, 0.25) is 0 Å². The smallest absolute Gasteiger partial charge is 0.190 e. The SMILES string of the molecule is COc1cc(-c2cc(OC)cc(C(C)(C)C)c2[O])c([O])c(C(C)(C)C)c1. The first-order valence-corrected chi connectivity index (χ1v) is 8.69. The van der Waals surface area contributed by atoms with Crippen LogP contribution in [0.5, 0.6) is 23.0 Å². The van der Waals surface area contributed by atoms with E-state index in [9.17, 15) is 10.2 Å². The third-order valence-electron chi connectivity index (χ3n) is 4.50. The number of ether oxygens (including phenoxy) is 2. The summed E-state index contributed by atoms with van der Waals surface area (Å²) in [6, 6.07) is 6.78. The summed E-state index contributed by atoms with van der Waals surface area (Å²) in [5.74, 6) is 0.820. The number of hydrogen-bond acceptors (Lipinski definition) is 2. The van der Waals surface area contributed by atoms with E-state index in [0.717, 1.165) is 0 Å². The minimum absolute atomic E-state index is 0.150. The van der Waals surface area contributed by atoms with E-state index in [1.165, 1.54) is 0 Å². The van der Waals surface area contributed by atoms with Gasteiger partial charge in [0.05, 0.1) is 14.2 Å². The van der Waals surface area contributed by atoms with Crippen molar-refractivity contribution in [2.24, 2.45) is 0 Å². The predicted octanol–water partition coefficient (Wildman–Crippen LogP) is 6.25. The van der Waals surface area contributed by atoms with Crippen molar-refractivity contribution in [2.45, 2.75) is 52.4 Å². The molecule has 0 saturated carbocycles. The third-order valence-corrected chi connectivity index (χ3v) is 4.50. The van der Waals surface area contributed by atoms with E-state index in [0.29, 0.717) is 33.8 Å². The molecule has 26 heavy (non-hydrogen) atoms. The van der Waals surface area contributed by atoms with Gasteiger partial charge in [0.15, 0.2) is 11.5 Å². The molecule has 2 rings (SSSR count). The van der Waals surface area contributed by atoms with Gasteiger partial charge in [-0.2, -0.15) is 0 Å². The van der Waals surface area contributed by atoms with Crippen LogP contribution in [0.25, 0.3) is 11.1 Å².